The molecule has 0 unspecified atom stereocenters. The van der Waals surface area contributed by atoms with Crippen molar-refractivity contribution in [3.63, 3.8) is 0 Å². The molecule has 0 aliphatic heterocycles. The molecule has 0 bridgehead atoms. The Hall–Kier alpha value is -2.04. The molecule has 1 aromatic rings. The van der Waals surface area contributed by atoms with Crippen LogP contribution in [0.15, 0.2) is 18.2 Å². The number of benzene rings is 1. The Morgan fingerprint density at radius 1 is 1.26 bits per heavy atom. The van der Waals surface area contributed by atoms with Crippen molar-refractivity contribution in [2.24, 2.45) is 0 Å². The Kier molecular flexibility index (Phi) is 5.64. The molecule has 0 aromatic heterocycles. The molecule has 0 atom stereocenters. The zero-order valence-electron chi connectivity index (χ0n) is 13.9. The van der Waals surface area contributed by atoms with E-state index < -0.39 is 11.5 Å². The molecule has 1 aliphatic rings. The molecule has 0 heterocycles. The van der Waals surface area contributed by atoms with E-state index in [1.165, 1.54) is 11.1 Å². The molecule has 1 amide bonds. The minimum atomic E-state index is -0.858. The summed E-state index contributed by atoms with van der Waals surface area (Å²) in [7, 11) is 0. The normalized spacial score (nSPS) is 15.6. The van der Waals surface area contributed by atoms with Gasteiger partial charge in [-0.05, 0) is 62.8 Å². The van der Waals surface area contributed by atoms with Gasteiger partial charge in [0, 0.05) is 6.42 Å². The Balaban J connectivity index is 1.70. The summed E-state index contributed by atoms with van der Waals surface area (Å²) in [5.74, 6) is -0.132. The summed E-state index contributed by atoms with van der Waals surface area (Å²) >= 11 is 0. The van der Waals surface area contributed by atoms with Gasteiger partial charge in [-0.1, -0.05) is 6.07 Å². The van der Waals surface area contributed by atoms with Gasteiger partial charge in [-0.3, -0.25) is 9.59 Å². The van der Waals surface area contributed by atoms with Crippen molar-refractivity contribution in [3.8, 4) is 5.75 Å². The molecule has 5 nitrogen and oxygen atoms in total. The molecule has 1 fully saturated rings. The van der Waals surface area contributed by atoms with Crippen LogP contribution >= 0.6 is 0 Å². The number of hydrogen-bond acceptors (Lipinski definition) is 3. The number of amides is 1. The van der Waals surface area contributed by atoms with Crippen molar-refractivity contribution >= 4 is 11.9 Å². The first-order valence-corrected chi connectivity index (χ1v) is 8.13. The molecule has 126 valence electrons. The highest BCUT2D eigenvalue weighted by atomic mass is 16.5. The van der Waals surface area contributed by atoms with Crippen LogP contribution in [-0.2, 0) is 9.59 Å². The molecule has 0 spiro atoms. The van der Waals surface area contributed by atoms with Gasteiger partial charge in [0.15, 0.2) is 0 Å². The number of carboxylic acid groups (broad SMARTS) is 1. The lowest BCUT2D eigenvalue weighted by molar-refractivity contribution is -0.140. The van der Waals surface area contributed by atoms with E-state index in [0.717, 1.165) is 25.0 Å². The Bertz CT molecular complexity index is 578. The highest BCUT2D eigenvalue weighted by Gasteiger charge is 2.40. The van der Waals surface area contributed by atoms with Gasteiger partial charge in [0.05, 0.1) is 18.6 Å². The van der Waals surface area contributed by atoms with Crippen LogP contribution in [0.5, 0.6) is 5.75 Å². The number of ether oxygens (including phenoxy) is 1. The fourth-order valence-electron chi connectivity index (χ4n) is 2.82. The first-order chi connectivity index (χ1) is 10.9. The van der Waals surface area contributed by atoms with Crippen molar-refractivity contribution in [1.82, 2.24) is 5.32 Å². The van der Waals surface area contributed by atoms with Gasteiger partial charge in [-0.25, -0.2) is 0 Å². The monoisotopic (exact) mass is 319 g/mol. The number of carbonyl (C=O) groups excluding carboxylic acids is 1. The predicted octanol–water partition coefficient (Wildman–Crippen LogP) is 2.98. The molecule has 0 saturated heterocycles. The van der Waals surface area contributed by atoms with Gasteiger partial charge in [0.25, 0.3) is 0 Å². The minimum absolute atomic E-state index is 0.0118. The molecular formula is C18H25NO4. The molecule has 5 heteroatoms. The van der Waals surface area contributed by atoms with E-state index >= 15 is 0 Å². The summed E-state index contributed by atoms with van der Waals surface area (Å²) in [6.07, 6.45) is 3.46. The number of aliphatic carboxylic acids is 1. The topological polar surface area (TPSA) is 75.6 Å². The maximum Gasteiger partial charge on any atom is 0.305 e. The third-order valence-electron chi connectivity index (χ3n) is 4.50. The number of rotatable bonds is 8. The van der Waals surface area contributed by atoms with Crippen LogP contribution in [0.3, 0.4) is 0 Å². The van der Waals surface area contributed by atoms with Crippen LogP contribution in [0.4, 0.5) is 0 Å². The third-order valence-corrected chi connectivity index (χ3v) is 4.50. The first-order valence-electron chi connectivity index (χ1n) is 8.13. The lowest BCUT2D eigenvalue weighted by Crippen LogP contribution is -2.54. The summed E-state index contributed by atoms with van der Waals surface area (Å²) in [5, 5.41) is 11.8. The predicted molar refractivity (Wildman–Crippen MR) is 87.6 cm³/mol. The maximum absolute atomic E-state index is 12.0. The van der Waals surface area contributed by atoms with E-state index in [0.29, 0.717) is 19.4 Å². The SMILES string of the molecule is Cc1ccc(OCCCC(=O)NC2(CC(=O)O)CCC2)cc1C. The van der Waals surface area contributed by atoms with Gasteiger partial charge in [-0.15, -0.1) is 0 Å². The van der Waals surface area contributed by atoms with Crippen LogP contribution in [0.1, 0.15) is 49.7 Å². The summed E-state index contributed by atoms with van der Waals surface area (Å²) < 4.78 is 5.65. The number of aryl methyl sites for hydroxylation is 2. The van der Waals surface area contributed by atoms with E-state index in [2.05, 4.69) is 12.2 Å². The van der Waals surface area contributed by atoms with Crippen LogP contribution in [0.25, 0.3) is 0 Å². The first kappa shape index (κ1) is 17.3. The number of nitrogens with one attached hydrogen (secondary N) is 1. The quantitative estimate of drug-likeness (QED) is 0.722. The van der Waals surface area contributed by atoms with Crippen molar-refractivity contribution < 1.29 is 19.4 Å². The maximum atomic E-state index is 12.0. The molecule has 2 N–H and O–H groups in total. The molecule has 1 saturated carbocycles. The lowest BCUT2D eigenvalue weighted by atomic mass is 9.74. The summed E-state index contributed by atoms with van der Waals surface area (Å²) in [6, 6.07) is 5.94. The fraction of sp³-hybridized carbons (Fsp3) is 0.556. The van der Waals surface area contributed by atoms with E-state index in [1.807, 2.05) is 25.1 Å². The van der Waals surface area contributed by atoms with Crippen molar-refractivity contribution in [1.29, 1.82) is 0 Å². The zero-order valence-corrected chi connectivity index (χ0v) is 13.9. The average molecular weight is 319 g/mol. The van der Waals surface area contributed by atoms with Crippen molar-refractivity contribution in [3.05, 3.63) is 29.3 Å². The Morgan fingerprint density at radius 3 is 2.57 bits per heavy atom. The Labute approximate surface area is 137 Å². The largest absolute Gasteiger partial charge is 0.494 e. The van der Waals surface area contributed by atoms with Crippen LogP contribution in [0.2, 0.25) is 0 Å². The van der Waals surface area contributed by atoms with E-state index in [9.17, 15) is 9.59 Å². The molecule has 2 rings (SSSR count). The van der Waals surface area contributed by atoms with E-state index in [4.69, 9.17) is 9.84 Å². The van der Waals surface area contributed by atoms with Gasteiger partial charge in [-0.2, -0.15) is 0 Å². The van der Waals surface area contributed by atoms with Gasteiger partial charge < -0.3 is 15.2 Å². The highest BCUT2D eigenvalue weighted by Crippen LogP contribution is 2.35. The van der Waals surface area contributed by atoms with E-state index in [-0.39, 0.29) is 12.3 Å². The van der Waals surface area contributed by atoms with Gasteiger partial charge >= 0.3 is 5.97 Å². The standard InChI is InChI=1S/C18H25NO4/c1-13-6-7-15(11-14(13)2)23-10-3-5-16(20)19-18(8-4-9-18)12-17(21)22/h6-7,11H,3-5,8-10,12H2,1-2H3,(H,19,20)(H,21,22). The molecule has 23 heavy (non-hydrogen) atoms. The minimum Gasteiger partial charge on any atom is -0.494 e. The molecule has 0 radical (unpaired) electrons. The molecule has 1 aromatic carbocycles. The van der Waals surface area contributed by atoms with E-state index in [1.54, 1.807) is 0 Å². The summed E-state index contributed by atoms with van der Waals surface area (Å²) in [6.45, 7) is 4.56. The molecule has 1 aliphatic carbocycles. The summed E-state index contributed by atoms with van der Waals surface area (Å²) in [4.78, 5) is 22.9. The fourth-order valence-corrected chi connectivity index (χ4v) is 2.82. The van der Waals surface area contributed by atoms with Crippen molar-refractivity contribution in [2.75, 3.05) is 6.61 Å². The Morgan fingerprint density at radius 2 is 2.00 bits per heavy atom. The van der Waals surface area contributed by atoms with Crippen LogP contribution < -0.4 is 10.1 Å². The van der Waals surface area contributed by atoms with Crippen molar-refractivity contribution in [2.45, 2.75) is 57.9 Å². The lowest BCUT2D eigenvalue weighted by Gasteiger charge is -2.41. The second-order valence-electron chi connectivity index (χ2n) is 6.45. The van der Waals surface area contributed by atoms with Gasteiger partial charge in [0.2, 0.25) is 5.91 Å². The smallest absolute Gasteiger partial charge is 0.305 e. The van der Waals surface area contributed by atoms with Crippen LogP contribution in [0, 0.1) is 13.8 Å². The van der Waals surface area contributed by atoms with Gasteiger partial charge in [0.1, 0.15) is 5.75 Å². The second-order valence-corrected chi connectivity index (χ2v) is 6.45. The number of carbonyl (C=O) groups is 2. The third kappa shape index (κ3) is 4.98. The zero-order chi connectivity index (χ0) is 16.9. The molecular weight excluding hydrogens is 294 g/mol. The average Bonchev–Trinajstić information content (AvgIpc) is 2.44. The summed E-state index contributed by atoms with van der Waals surface area (Å²) in [5.41, 5.74) is 1.89. The highest BCUT2D eigenvalue weighted by molar-refractivity contribution is 5.78. The number of carboxylic acids is 1. The number of hydrogen-bond donors (Lipinski definition) is 2. The van der Waals surface area contributed by atoms with Crippen LogP contribution in [-0.4, -0.2) is 29.1 Å². The second kappa shape index (κ2) is 7.49.